The fourth-order valence-corrected chi connectivity index (χ4v) is 5.73. The van der Waals surface area contributed by atoms with E-state index in [1.165, 1.54) is 102 Å². The van der Waals surface area contributed by atoms with E-state index < -0.39 is 0 Å². The third kappa shape index (κ3) is 9.92. The van der Waals surface area contributed by atoms with Crippen molar-refractivity contribution in [3.63, 3.8) is 0 Å². The predicted octanol–water partition coefficient (Wildman–Crippen LogP) is 11.4. The summed E-state index contributed by atoms with van der Waals surface area (Å²) in [5.74, 6) is 0. The number of aryl methyl sites for hydroxylation is 4. The van der Waals surface area contributed by atoms with E-state index >= 15 is 0 Å². The van der Waals surface area contributed by atoms with Crippen LogP contribution in [-0.4, -0.2) is 4.70 Å². The molecule has 2 nitrogen and oxygen atoms in total. The van der Waals surface area contributed by atoms with Gasteiger partial charge >= 0.3 is 0 Å². The van der Waals surface area contributed by atoms with Gasteiger partial charge in [-0.1, -0.05) is 85.3 Å². The molecule has 0 spiro atoms. The number of benzene rings is 2. The normalized spacial score (nSPS) is 13.1. The van der Waals surface area contributed by atoms with Gasteiger partial charge in [0.05, 0.1) is 0 Å². The minimum absolute atomic E-state index is 0. The van der Waals surface area contributed by atoms with E-state index in [-0.39, 0.29) is 20.4 Å². The van der Waals surface area contributed by atoms with Crippen molar-refractivity contribution < 1.29 is 25.1 Å². The zero-order valence-corrected chi connectivity index (χ0v) is 27.6. The maximum Gasteiger partial charge on any atom is 0.210 e. The number of allylic oxidation sites excluding steroid dienone is 2. The standard InChI is InChI=1S/C37H54N2.Pd/c1-6-11-16-21-33-28-36(34-24-29(17-12-7-2)22-30(25-34)18-13-8-3)39(38)37(33)35-26-31(19-14-9-4)23-32(27-35)20-15-10-5;/h22-28H,6-21H2,1-5H3;. The number of hydrogen-bond donors (Lipinski definition) is 0. The molecule has 0 fully saturated rings. The van der Waals surface area contributed by atoms with Gasteiger partial charge in [-0.3, -0.25) is 0 Å². The fraction of sp³-hybridized carbons (Fsp3) is 0.568. The third-order valence-electron chi connectivity index (χ3n) is 8.06. The summed E-state index contributed by atoms with van der Waals surface area (Å²) in [4.78, 5) is 0. The van der Waals surface area contributed by atoms with Crippen molar-refractivity contribution in [2.24, 2.45) is 0 Å². The molecule has 3 rings (SSSR count). The molecule has 2 aromatic rings. The second kappa shape index (κ2) is 18.6. The second-order valence-corrected chi connectivity index (χ2v) is 11.7. The van der Waals surface area contributed by atoms with Gasteiger partial charge in [0, 0.05) is 43.2 Å². The Hall–Kier alpha value is -1.82. The average molecular weight is 633 g/mol. The Kier molecular flexibility index (Phi) is 16.0. The summed E-state index contributed by atoms with van der Waals surface area (Å²) in [6.07, 6.45) is 20.9. The van der Waals surface area contributed by atoms with Crippen LogP contribution in [0.25, 0.3) is 16.9 Å². The van der Waals surface area contributed by atoms with Crippen molar-refractivity contribution in [1.82, 2.24) is 0 Å². The minimum atomic E-state index is 0. The maximum absolute atomic E-state index is 11.9. The minimum Gasteiger partial charge on any atom is -0.493 e. The summed E-state index contributed by atoms with van der Waals surface area (Å²) < 4.78 is 1.53. The predicted molar refractivity (Wildman–Crippen MR) is 170 cm³/mol. The Morgan fingerprint density at radius 1 is 0.500 bits per heavy atom. The van der Waals surface area contributed by atoms with Crippen molar-refractivity contribution in [3.8, 4) is 0 Å². The van der Waals surface area contributed by atoms with Crippen molar-refractivity contribution in [1.29, 1.82) is 0 Å². The van der Waals surface area contributed by atoms with Gasteiger partial charge in [-0.05, 0) is 111 Å². The first-order chi connectivity index (χ1) is 19.0. The van der Waals surface area contributed by atoms with Crippen molar-refractivity contribution in [2.45, 2.75) is 137 Å². The van der Waals surface area contributed by atoms with E-state index in [0.717, 1.165) is 55.5 Å². The number of rotatable bonds is 18. The Morgan fingerprint density at radius 3 is 1.30 bits per heavy atom. The molecule has 0 bridgehead atoms. The summed E-state index contributed by atoms with van der Waals surface area (Å²) in [6.45, 7) is 11.3. The Bertz CT molecular complexity index is 1090. The fourth-order valence-electron chi connectivity index (χ4n) is 5.73. The Balaban J connectivity index is 0.00000560. The molecule has 3 heteroatoms. The molecule has 1 heterocycles. The molecule has 0 unspecified atom stereocenters. The van der Waals surface area contributed by atoms with Crippen LogP contribution in [0.2, 0.25) is 0 Å². The molecular weight excluding hydrogens is 579 g/mol. The molecular formula is C37H54N2Pd. The summed E-state index contributed by atoms with van der Waals surface area (Å²) in [7, 11) is 0. The number of hydrogen-bond acceptors (Lipinski definition) is 0. The smallest absolute Gasteiger partial charge is 0.210 e. The quantitative estimate of drug-likeness (QED) is 0.0887. The molecule has 222 valence electrons. The van der Waals surface area contributed by atoms with Gasteiger partial charge in [0.2, 0.25) is 11.4 Å². The van der Waals surface area contributed by atoms with Gasteiger partial charge in [-0.2, -0.15) is 0 Å². The van der Waals surface area contributed by atoms with Crippen molar-refractivity contribution in [3.05, 3.63) is 87.0 Å². The van der Waals surface area contributed by atoms with Gasteiger partial charge < -0.3 is 5.53 Å². The molecule has 1 aliphatic rings. The second-order valence-electron chi connectivity index (χ2n) is 11.7. The molecule has 40 heavy (non-hydrogen) atoms. The molecule has 0 saturated carbocycles. The van der Waals surface area contributed by atoms with Crippen LogP contribution in [-0.2, 0) is 46.1 Å². The van der Waals surface area contributed by atoms with E-state index in [1.807, 2.05) is 0 Å². The first-order valence-corrected chi connectivity index (χ1v) is 16.2. The summed E-state index contributed by atoms with van der Waals surface area (Å²) in [5, 5.41) is 0. The molecule has 0 atom stereocenters. The molecule has 0 saturated heterocycles. The molecule has 0 N–H and O–H groups in total. The van der Waals surface area contributed by atoms with Crippen LogP contribution in [0, 0.1) is 0 Å². The maximum atomic E-state index is 11.9. The van der Waals surface area contributed by atoms with Crippen molar-refractivity contribution in [2.75, 3.05) is 0 Å². The third-order valence-corrected chi connectivity index (χ3v) is 8.06. The average Bonchev–Trinajstić information content (AvgIpc) is 3.28. The number of unbranched alkanes of at least 4 members (excludes halogenated alkanes) is 6. The van der Waals surface area contributed by atoms with Gasteiger partial charge in [-0.25, -0.2) is 4.70 Å². The molecule has 0 amide bonds. The largest absolute Gasteiger partial charge is 0.493 e. The zero-order valence-electron chi connectivity index (χ0n) is 26.1. The van der Waals surface area contributed by atoms with E-state index in [4.69, 9.17) is 0 Å². The zero-order chi connectivity index (χ0) is 28.0. The molecule has 0 aromatic heterocycles. The van der Waals surface area contributed by atoms with Gasteiger partial charge in [0.15, 0.2) is 0 Å². The van der Waals surface area contributed by atoms with E-state index in [2.05, 4.69) is 77.1 Å². The SMILES string of the molecule is CCCCCC1=C(c2cc(CCCC)cc(CCCC)c2)[N+](=[N-])C(c2cc(CCCC)cc(CCCC)c2)=C1.[Pd]. The topological polar surface area (TPSA) is 25.3 Å². The summed E-state index contributed by atoms with van der Waals surface area (Å²) in [5.41, 5.74) is 23.1. The molecule has 1 aliphatic heterocycles. The molecule has 0 aliphatic carbocycles. The van der Waals surface area contributed by atoms with Crippen molar-refractivity contribution >= 4 is 11.4 Å². The molecule has 0 radical (unpaired) electrons. The van der Waals surface area contributed by atoms with E-state index in [0.29, 0.717) is 0 Å². The molecule has 2 aromatic carbocycles. The van der Waals surface area contributed by atoms with E-state index in [9.17, 15) is 5.53 Å². The van der Waals surface area contributed by atoms with Crippen LogP contribution < -0.4 is 0 Å². The Morgan fingerprint density at radius 2 is 0.900 bits per heavy atom. The van der Waals surface area contributed by atoms with Gasteiger partial charge in [-0.15, -0.1) is 0 Å². The van der Waals surface area contributed by atoms with Gasteiger partial charge in [0.25, 0.3) is 0 Å². The van der Waals surface area contributed by atoms with Gasteiger partial charge in [0.1, 0.15) is 0 Å². The van der Waals surface area contributed by atoms with Crippen LogP contribution >= 0.6 is 0 Å². The first kappa shape index (κ1) is 34.4. The Labute approximate surface area is 259 Å². The van der Waals surface area contributed by atoms with Crippen LogP contribution in [0.4, 0.5) is 0 Å². The monoisotopic (exact) mass is 632 g/mol. The van der Waals surface area contributed by atoms with Crippen LogP contribution in [0.15, 0.2) is 48.0 Å². The van der Waals surface area contributed by atoms with Crippen LogP contribution in [0.1, 0.15) is 145 Å². The first-order valence-electron chi connectivity index (χ1n) is 16.2. The van der Waals surface area contributed by atoms with E-state index in [1.54, 1.807) is 0 Å². The van der Waals surface area contributed by atoms with Crippen LogP contribution in [0.3, 0.4) is 0 Å². The summed E-state index contributed by atoms with van der Waals surface area (Å²) in [6, 6.07) is 14.2. The number of nitrogens with zero attached hydrogens (tertiary/aromatic N) is 2. The van der Waals surface area contributed by atoms with Crippen LogP contribution in [0.5, 0.6) is 0 Å². The summed E-state index contributed by atoms with van der Waals surface area (Å²) >= 11 is 0.